The molecule has 0 bridgehead atoms. The number of nitrogens with zero attached hydrogens (tertiary/aromatic N) is 1. The van der Waals surface area contributed by atoms with Gasteiger partial charge in [0.25, 0.3) is 0 Å². The molecule has 2 amide bonds. The summed E-state index contributed by atoms with van der Waals surface area (Å²) in [5, 5.41) is 0. The predicted molar refractivity (Wildman–Crippen MR) is 46.4 cm³/mol. The smallest absolute Gasteiger partial charge is 0.237 e. The van der Waals surface area contributed by atoms with Crippen molar-refractivity contribution in [1.82, 2.24) is 4.90 Å². The van der Waals surface area contributed by atoms with Crippen molar-refractivity contribution in [2.24, 2.45) is 5.73 Å². The third-order valence-electron chi connectivity index (χ3n) is 1.56. The summed E-state index contributed by atoms with van der Waals surface area (Å²) >= 11 is 0. The molecule has 2 N–H and O–H groups in total. The van der Waals surface area contributed by atoms with Crippen molar-refractivity contribution < 1.29 is 9.59 Å². The zero-order valence-electron chi connectivity index (χ0n) is 7.67. The Labute approximate surface area is 72.7 Å². The maximum atomic E-state index is 11.2. The molecule has 0 rings (SSSR count). The van der Waals surface area contributed by atoms with Crippen LogP contribution in [0.5, 0.6) is 0 Å². The Morgan fingerprint density at radius 2 is 2.00 bits per heavy atom. The lowest BCUT2D eigenvalue weighted by atomic mass is 10.2. The Bertz CT molecular complexity index is 168. The van der Waals surface area contributed by atoms with Crippen LogP contribution in [0.1, 0.15) is 26.2 Å². The molecule has 70 valence electrons. The molecule has 0 aliphatic rings. The SMILES string of the molecule is CCCCC(=O)N(C)CC(N)=O. The number of carbonyl (C=O) groups is 2. The van der Waals surface area contributed by atoms with Crippen LogP contribution in [-0.4, -0.2) is 30.3 Å². The minimum atomic E-state index is -0.470. The molecule has 0 fully saturated rings. The Balaban J connectivity index is 3.69. The summed E-state index contributed by atoms with van der Waals surface area (Å²) < 4.78 is 0. The highest BCUT2D eigenvalue weighted by molar-refractivity contribution is 5.83. The van der Waals surface area contributed by atoms with Crippen LogP contribution in [0.4, 0.5) is 0 Å². The molecular formula is C8H16N2O2. The van der Waals surface area contributed by atoms with E-state index >= 15 is 0 Å². The lowest BCUT2D eigenvalue weighted by Crippen LogP contribution is -2.35. The molecule has 4 nitrogen and oxygen atoms in total. The van der Waals surface area contributed by atoms with Crippen molar-refractivity contribution in [3.63, 3.8) is 0 Å². The Morgan fingerprint density at radius 1 is 1.42 bits per heavy atom. The summed E-state index contributed by atoms with van der Waals surface area (Å²) in [7, 11) is 1.59. The Kier molecular flexibility index (Phi) is 5.08. The van der Waals surface area contributed by atoms with Gasteiger partial charge in [-0.25, -0.2) is 0 Å². The van der Waals surface area contributed by atoms with Crippen molar-refractivity contribution >= 4 is 11.8 Å². The van der Waals surface area contributed by atoms with E-state index in [2.05, 4.69) is 0 Å². The quantitative estimate of drug-likeness (QED) is 0.640. The number of hydrogen-bond acceptors (Lipinski definition) is 2. The third kappa shape index (κ3) is 4.71. The molecule has 0 saturated heterocycles. The van der Waals surface area contributed by atoms with Crippen molar-refractivity contribution in [3.05, 3.63) is 0 Å². The minimum absolute atomic E-state index is 0.0164. The highest BCUT2D eigenvalue weighted by Crippen LogP contribution is 1.97. The topological polar surface area (TPSA) is 63.4 Å². The molecule has 0 spiro atoms. The fraction of sp³-hybridized carbons (Fsp3) is 0.750. The number of rotatable bonds is 5. The van der Waals surface area contributed by atoms with Crippen molar-refractivity contribution in [3.8, 4) is 0 Å². The summed E-state index contributed by atoms with van der Waals surface area (Å²) in [6.45, 7) is 2.03. The monoisotopic (exact) mass is 172 g/mol. The van der Waals surface area contributed by atoms with Crippen LogP contribution in [0.25, 0.3) is 0 Å². The summed E-state index contributed by atoms with van der Waals surface area (Å²) in [6.07, 6.45) is 2.35. The van der Waals surface area contributed by atoms with Crippen LogP contribution in [0.15, 0.2) is 0 Å². The normalized spacial score (nSPS) is 9.50. The summed E-state index contributed by atoms with van der Waals surface area (Å²) in [6, 6.07) is 0. The number of amides is 2. The van der Waals surface area contributed by atoms with Gasteiger partial charge in [0.05, 0.1) is 6.54 Å². The van der Waals surface area contributed by atoms with Crippen molar-refractivity contribution in [2.45, 2.75) is 26.2 Å². The van der Waals surface area contributed by atoms with Crippen LogP contribution in [0, 0.1) is 0 Å². The summed E-state index contributed by atoms with van der Waals surface area (Å²) in [5.74, 6) is -0.488. The van der Waals surface area contributed by atoms with Gasteiger partial charge in [0, 0.05) is 13.5 Å². The summed E-state index contributed by atoms with van der Waals surface area (Å²) in [5.41, 5.74) is 4.93. The van der Waals surface area contributed by atoms with Gasteiger partial charge in [0.2, 0.25) is 11.8 Å². The highest BCUT2D eigenvalue weighted by atomic mass is 16.2. The van der Waals surface area contributed by atoms with E-state index < -0.39 is 5.91 Å². The Hall–Kier alpha value is -1.06. The minimum Gasteiger partial charge on any atom is -0.368 e. The highest BCUT2D eigenvalue weighted by Gasteiger charge is 2.09. The van der Waals surface area contributed by atoms with Gasteiger partial charge in [-0.15, -0.1) is 0 Å². The third-order valence-corrected chi connectivity index (χ3v) is 1.56. The number of unbranched alkanes of at least 4 members (excludes halogenated alkanes) is 1. The maximum Gasteiger partial charge on any atom is 0.237 e. The van der Waals surface area contributed by atoms with Crippen LogP contribution in [-0.2, 0) is 9.59 Å². The first-order chi connectivity index (χ1) is 5.57. The fourth-order valence-corrected chi connectivity index (χ4v) is 0.841. The lowest BCUT2D eigenvalue weighted by molar-refractivity contribution is -0.133. The van der Waals surface area contributed by atoms with Crippen LogP contribution < -0.4 is 5.73 Å². The number of primary amides is 1. The second-order valence-electron chi connectivity index (χ2n) is 2.82. The lowest BCUT2D eigenvalue weighted by Gasteiger charge is -2.14. The van der Waals surface area contributed by atoms with Gasteiger partial charge in [-0.05, 0) is 6.42 Å². The first-order valence-electron chi connectivity index (χ1n) is 4.10. The average molecular weight is 172 g/mol. The van der Waals surface area contributed by atoms with E-state index in [1.54, 1.807) is 7.05 Å². The number of likely N-dealkylation sites (N-methyl/N-ethyl adjacent to an activating group) is 1. The zero-order valence-corrected chi connectivity index (χ0v) is 7.67. The maximum absolute atomic E-state index is 11.2. The van der Waals surface area contributed by atoms with Crippen LogP contribution in [0.2, 0.25) is 0 Å². The van der Waals surface area contributed by atoms with E-state index in [-0.39, 0.29) is 12.5 Å². The largest absolute Gasteiger partial charge is 0.368 e. The first kappa shape index (κ1) is 10.9. The van der Waals surface area contributed by atoms with Gasteiger partial charge in [-0.2, -0.15) is 0 Å². The van der Waals surface area contributed by atoms with Crippen LogP contribution >= 0.6 is 0 Å². The van der Waals surface area contributed by atoms with E-state index in [0.717, 1.165) is 12.8 Å². The molecule has 0 radical (unpaired) electrons. The predicted octanol–water partition coefficient (Wildman–Crippen LogP) is 0.120. The molecule has 0 aliphatic carbocycles. The van der Waals surface area contributed by atoms with Gasteiger partial charge in [-0.3, -0.25) is 9.59 Å². The van der Waals surface area contributed by atoms with Crippen molar-refractivity contribution in [2.75, 3.05) is 13.6 Å². The molecule has 0 unspecified atom stereocenters. The van der Waals surface area contributed by atoms with Gasteiger partial charge >= 0.3 is 0 Å². The van der Waals surface area contributed by atoms with E-state index in [1.807, 2.05) is 6.92 Å². The molecule has 0 aromatic heterocycles. The molecular weight excluding hydrogens is 156 g/mol. The zero-order chi connectivity index (χ0) is 9.56. The van der Waals surface area contributed by atoms with Gasteiger partial charge in [0.1, 0.15) is 0 Å². The van der Waals surface area contributed by atoms with E-state index in [9.17, 15) is 9.59 Å². The molecule has 0 atom stereocenters. The van der Waals surface area contributed by atoms with E-state index in [0.29, 0.717) is 6.42 Å². The number of nitrogens with two attached hydrogens (primary N) is 1. The van der Waals surface area contributed by atoms with Crippen molar-refractivity contribution in [1.29, 1.82) is 0 Å². The fourth-order valence-electron chi connectivity index (χ4n) is 0.841. The number of hydrogen-bond donors (Lipinski definition) is 1. The van der Waals surface area contributed by atoms with Gasteiger partial charge < -0.3 is 10.6 Å². The molecule has 0 aliphatic heterocycles. The second-order valence-corrected chi connectivity index (χ2v) is 2.82. The molecule has 4 heteroatoms. The molecule has 0 saturated carbocycles. The second kappa shape index (κ2) is 5.57. The molecule has 12 heavy (non-hydrogen) atoms. The van der Waals surface area contributed by atoms with Gasteiger partial charge in [-0.1, -0.05) is 13.3 Å². The Morgan fingerprint density at radius 3 is 2.42 bits per heavy atom. The summed E-state index contributed by atoms with van der Waals surface area (Å²) in [4.78, 5) is 22.9. The standard InChI is InChI=1S/C8H16N2O2/c1-3-4-5-8(12)10(2)6-7(9)11/h3-6H2,1-2H3,(H2,9,11). The van der Waals surface area contributed by atoms with Gasteiger partial charge in [0.15, 0.2) is 0 Å². The molecule has 0 aromatic carbocycles. The number of carbonyl (C=O) groups excluding carboxylic acids is 2. The molecule has 0 aromatic rings. The molecule has 0 heterocycles. The van der Waals surface area contributed by atoms with Crippen LogP contribution in [0.3, 0.4) is 0 Å². The van der Waals surface area contributed by atoms with E-state index in [4.69, 9.17) is 5.73 Å². The average Bonchev–Trinajstić information content (AvgIpc) is 1.98. The van der Waals surface area contributed by atoms with E-state index in [1.165, 1.54) is 4.90 Å². The first-order valence-corrected chi connectivity index (χ1v) is 4.10.